The topological polar surface area (TPSA) is 107 Å². The molecule has 1 heterocycles. The van der Waals surface area contributed by atoms with Crippen LogP contribution in [0.15, 0.2) is 11.5 Å². The quantitative estimate of drug-likeness (QED) is 0.318. The predicted octanol–water partition coefficient (Wildman–Crippen LogP) is -1.54. The molecule has 0 aromatic carbocycles. The Balaban J connectivity index is 0. The zero-order valence-electron chi connectivity index (χ0n) is 6.97. The van der Waals surface area contributed by atoms with E-state index in [4.69, 9.17) is 20.4 Å². The first-order valence-corrected chi connectivity index (χ1v) is 3.20. The van der Waals surface area contributed by atoms with Crippen molar-refractivity contribution >= 4 is 35.5 Å². The van der Waals surface area contributed by atoms with Crippen LogP contribution in [-0.4, -0.2) is 74.8 Å². The Morgan fingerprint density at radius 1 is 1.54 bits per heavy atom. The molecule has 7 heteroatoms. The van der Waals surface area contributed by atoms with Crippen molar-refractivity contribution in [2.45, 2.75) is 12.2 Å². The molecule has 0 bridgehead atoms. The van der Waals surface area contributed by atoms with Gasteiger partial charge in [0, 0.05) is 31.0 Å². The summed E-state index contributed by atoms with van der Waals surface area (Å²) < 4.78 is 4.32. The van der Waals surface area contributed by atoms with Gasteiger partial charge in [0.15, 0.2) is 11.9 Å². The molecule has 2 atom stereocenters. The summed E-state index contributed by atoms with van der Waals surface area (Å²) in [6.45, 7) is -0.671. The first kappa shape index (κ1) is 12.7. The molecule has 0 aromatic rings. The first-order chi connectivity index (χ1) is 5.57. The Labute approximate surface area is 97.2 Å². The molecular formula is C6H10NaO6. The van der Waals surface area contributed by atoms with Gasteiger partial charge in [-0.1, -0.05) is 0 Å². The van der Waals surface area contributed by atoms with Crippen molar-refractivity contribution in [3.05, 3.63) is 11.5 Å². The van der Waals surface area contributed by atoms with Crippen molar-refractivity contribution < 1.29 is 31.4 Å². The van der Waals surface area contributed by atoms with Crippen molar-refractivity contribution in [3.8, 4) is 0 Å². The summed E-state index contributed by atoms with van der Waals surface area (Å²) in [4.78, 5) is 10.5. The number of aliphatic hydroxyl groups is 4. The van der Waals surface area contributed by atoms with Crippen LogP contribution in [0.5, 0.6) is 0 Å². The Morgan fingerprint density at radius 2 is 2.08 bits per heavy atom. The average Bonchev–Trinajstić information content (AvgIpc) is 2.32. The van der Waals surface area contributed by atoms with Gasteiger partial charge in [0.05, 0.1) is 6.61 Å². The number of esters is 1. The van der Waals surface area contributed by atoms with Gasteiger partial charge >= 0.3 is 5.97 Å². The van der Waals surface area contributed by atoms with E-state index >= 15 is 0 Å². The van der Waals surface area contributed by atoms with E-state index in [0.717, 1.165) is 0 Å². The van der Waals surface area contributed by atoms with Gasteiger partial charge in [-0.2, -0.15) is 0 Å². The van der Waals surface area contributed by atoms with Crippen LogP contribution in [0.1, 0.15) is 1.43 Å². The van der Waals surface area contributed by atoms with Crippen LogP contribution >= 0.6 is 0 Å². The van der Waals surface area contributed by atoms with E-state index in [2.05, 4.69) is 4.74 Å². The molecule has 0 aromatic heterocycles. The summed E-state index contributed by atoms with van der Waals surface area (Å²) in [6.07, 6.45) is -2.78. The van der Waals surface area contributed by atoms with Crippen LogP contribution in [0, 0.1) is 0 Å². The minimum Gasteiger partial charge on any atom is -0.505 e. The third kappa shape index (κ3) is 2.35. The summed E-state index contributed by atoms with van der Waals surface area (Å²) in [5, 5.41) is 35.0. The Kier molecular flexibility index (Phi) is 4.72. The molecule has 2 unspecified atom stereocenters. The van der Waals surface area contributed by atoms with Gasteiger partial charge in [-0.3, -0.25) is 0 Å². The largest absolute Gasteiger partial charge is 0.505 e. The monoisotopic (exact) mass is 201 g/mol. The number of hydrogen-bond donors (Lipinski definition) is 4. The Morgan fingerprint density at radius 3 is 2.38 bits per heavy atom. The Hall–Kier alpha value is -0.270. The maximum atomic E-state index is 10.5. The average molecular weight is 201 g/mol. The van der Waals surface area contributed by atoms with Gasteiger partial charge in [0.2, 0.25) is 5.76 Å². The number of hydrogen-bond acceptors (Lipinski definition) is 6. The molecule has 1 aliphatic heterocycles. The zero-order chi connectivity index (χ0) is 9.30. The number of carbonyl (C=O) groups is 1. The smallest absolute Gasteiger partial charge is 0.377 e. The minimum atomic E-state index is -1.42. The SMILES string of the molecule is O=C1OC(C(O)CO)C(O)=C1O.[HH].[Na]. The molecule has 0 amide bonds. The maximum absolute atomic E-state index is 10.5. The zero-order valence-corrected chi connectivity index (χ0v) is 8.97. The van der Waals surface area contributed by atoms with Crippen molar-refractivity contribution in [2.24, 2.45) is 0 Å². The molecule has 1 rings (SSSR count). The van der Waals surface area contributed by atoms with E-state index < -0.39 is 36.3 Å². The van der Waals surface area contributed by atoms with Gasteiger partial charge in [0.1, 0.15) is 6.10 Å². The van der Waals surface area contributed by atoms with Gasteiger partial charge in [-0.15, -0.1) is 0 Å². The van der Waals surface area contributed by atoms with Gasteiger partial charge in [-0.05, 0) is 0 Å². The minimum absolute atomic E-state index is 0. The second-order valence-corrected chi connectivity index (χ2v) is 2.31. The molecule has 13 heavy (non-hydrogen) atoms. The van der Waals surface area contributed by atoms with E-state index in [1.165, 1.54) is 0 Å². The van der Waals surface area contributed by atoms with Crippen LogP contribution < -0.4 is 0 Å². The van der Waals surface area contributed by atoms with Gasteiger partial charge in [-0.25, -0.2) is 4.79 Å². The molecule has 1 aliphatic rings. The van der Waals surface area contributed by atoms with Gasteiger partial charge in [0.25, 0.3) is 0 Å². The van der Waals surface area contributed by atoms with Crippen LogP contribution in [0.4, 0.5) is 0 Å². The molecule has 71 valence electrons. The van der Waals surface area contributed by atoms with Crippen LogP contribution in [0.2, 0.25) is 0 Å². The van der Waals surface area contributed by atoms with E-state index in [9.17, 15) is 4.79 Å². The van der Waals surface area contributed by atoms with Crippen LogP contribution in [0.25, 0.3) is 0 Å². The fourth-order valence-electron chi connectivity index (χ4n) is 0.823. The van der Waals surface area contributed by atoms with Crippen molar-refractivity contribution in [2.75, 3.05) is 6.61 Å². The van der Waals surface area contributed by atoms with E-state index in [1.54, 1.807) is 0 Å². The van der Waals surface area contributed by atoms with E-state index in [0.29, 0.717) is 0 Å². The summed E-state index contributed by atoms with van der Waals surface area (Å²) in [6, 6.07) is 0. The molecule has 4 N–H and O–H groups in total. The summed E-state index contributed by atoms with van der Waals surface area (Å²) in [5.41, 5.74) is 0. The molecule has 0 saturated carbocycles. The number of carbonyl (C=O) groups excluding carboxylic acids is 1. The number of rotatable bonds is 2. The normalized spacial score (nSPS) is 23.8. The number of cyclic esters (lactones) is 1. The van der Waals surface area contributed by atoms with Crippen LogP contribution in [0.3, 0.4) is 0 Å². The van der Waals surface area contributed by atoms with Gasteiger partial charge < -0.3 is 25.2 Å². The molecule has 0 aliphatic carbocycles. The van der Waals surface area contributed by atoms with Crippen LogP contribution in [-0.2, 0) is 9.53 Å². The standard InChI is InChI=1S/C6H8O6.Na.H2/c7-1-2(8)5-3(9)4(10)6(11)12-5;;/h2,5,7-10H,1H2;;1H. The fourth-order valence-corrected chi connectivity index (χ4v) is 0.823. The van der Waals surface area contributed by atoms with E-state index in [-0.39, 0.29) is 31.0 Å². The van der Waals surface area contributed by atoms with Crippen molar-refractivity contribution in [1.82, 2.24) is 0 Å². The first-order valence-electron chi connectivity index (χ1n) is 3.20. The third-order valence-corrected chi connectivity index (χ3v) is 1.48. The van der Waals surface area contributed by atoms with E-state index in [1.807, 2.05) is 0 Å². The summed E-state index contributed by atoms with van der Waals surface area (Å²) in [7, 11) is 0. The molecule has 1 radical (unpaired) electrons. The maximum Gasteiger partial charge on any atom is 0.377 e. The summed E-state index contributed by atoms with van der Waals surface area (Å²) >= 11 is 0. The summed E-state index contributed by atoms with van der Waals surface area (Å²) in [5.74, 6) is -2.78. The molecular weight excluding hydrogens is 191 g/mol. The molecule has 0 spiro atoms. The second kappa shape index (κ2) is 4.83. The second-order valence-electron chi connectivity index (χ2n) is 2.31. The van der Waals surface area contributed by atoms with Crippen molar-refractivity contribution in [3.63, 3.8) is 0 Å². The predicted molar refractivity (Wildman–Crippen MR) is 43.1 cm³/mol. The fraction of sp³-hybridized carbons (Fsp3) is 0.500. The van der Waals surface area contributed by atoms with Crippen molar-refractivity contribution in [1.29, 1.82) is 0 Å². The number of aliphatic hydroxyl groups excluding tert-OH is 4. The molecule has 0 fully saturated rings. The molecule has 0 saturated heterocycles. The molecule has 6 nitrogen and oxygen atoms in total. The third-order valence-electron chi connectivity index (χ3n) is 1.48. The number of ether oxygens (including phenoxy) is 1. The Bertz CT molecular complexity index is 242.